The van der Waals surface area contributed by atoms with Gasteiger partial charge < -0.3 is 5.73 Å². The zero-order valence-corrected chi connectivity index (χ0v) is 9.46. The van der Waals surface area contributed by atoms with Gasteiger partial charge in [0.1, 0.15) is 0 Å². The molecule has 0 amide bonds. The molecule has 0 aliphatic rings. The fourth-order valence-corrected chi connectivity index (χ4v) is 1.44. The van der Waals surface area contributed by atoms with Gasteiger partial charge in [0.25, 0.3) is 11.4 Å². The predicted octanol–water partition coefficient (Wildman–Crippen LogP) is 0.542. The third-order valence-corrected chi connectivity index (χ3v) is 2.32. The molecule has 1 aromatic heterocycles. The van der Waals surface area contributed by atoms with Crippen molar-refractivity contribution in [3.8, 4) is 5.69 Å². The van der Waals surface area contributed by atoms with Crippen molar-refractivity contribution in [1.82, 2.24) is 15.0 Å². The Kier molecular flexibility index (Phi) is 3.16. The molecule has 1 heterocycles. The molecule has 1 aromatic carbocycles. The van der Waals surface area contributed by atoms with E-state index < -0.39 is 21.2 Å². The first-order chi connectivity index (χ1) is 9.01. The molecule has 0 bridgehead atoms. The minimum absolute atomic E-state index is 0.150. The Labute approximate surface area is 105 Å². The Morgan fingerprint density at radius 1 is 1.16 bits per heavy atom. The Morgan fingerprint density at radius 2 is 1.74 bits per heavy atom. The second-order valence-electron chi connectivity index (χ2n) is 3.58. The van der Waals surface area contributed by atoms with E-state index in [0.29, 0.717) is 5.69 Å². The lowest BCUT2D eigenvalue weighted by Crippen LogP contribution is -1.99. The Hall–Kier alpha value is -2.88. The number of nitrogens with two attached hydrogens (primary N) is 1. The highest BCUT2D eigenvalue weighted by molar-refractivity contribution is 5.52. The summed E-state index contributed by atoms with van der Waals surface area (Å²) in [4.78, 5) is 20.1. The molecule has 2 N–H and O–H groups in total. The van der Waals surface area contributed by atoms with Crippen molar-refractivity contribution >= 4 is 11.4 Å². The number of aromatic nitrogens is 3. The van der Waals surface area contributed by atoms with E-state index in [-0.39, 0.29) is 12.2 Å². The van der Waals surface area contributed by atoms with E-state index in [9.17, 15) is 20.2 Å². The third kappa shape index (κ3) is 2.52. The summed E-state index contributed by atoms with van der Waals surface area (Å²) in [5.41, 5.74) is 5.22. The van der Waals surface area contributed by atoms with Crippen molar-refractivity contribution in [1.29, 1.82) is 0 Å². The highest BCUT2D eigenvalue weighted by atomic mass is 16.6. The van der Waals surface area contributed by atoms with Crippen LogP contribution in [0.15, 0.2) is 24.4 Å². The predicted molar refractivity (Wildman–Crippen MR) is 62.6 cm³/mol. The quantitative estimate of drug-likeness (QED) is 0.626. The fourth-order valence-electron chi connectivity index (χ4n) is 1.44. The Bertz CT molecular complexity index is 620. The molecule has 0 spiro atoms. The van der Waals surface area contributed by atoms with E-state index in [0.717, 1.165) is 6.07 Å². The lowest BCUT2D eigenvalue weighted by atomic mass is 10.2. The van der Waals surface area contributed by atoms with Gasteiger partial charge >= 0.3 is 0 Å². The van der Waals surface area contributed by atoms with E-state index in [1.165, 1.54) is 23.0 Å². The summed E-state index contributed by atoms with van der Waals surface area (Å²) < 4.78 is 1.20. The first kappa shape index (κ1) is 12.6. The molecule has 0 aliphatic heterocycles. The van der Waals surface area contributed by atoms with E-state index in [1.54, 1.807) is 0 Å². The lowest BCUT2D eigenvalue weighted by Gasteiger charge is -2.00. The molecule has 0 atom stereocenters. The van der Waals surface area contributed by atoms with Gasteiger partial charge in [0.05, 0.1) is 33.5 Å². The molecule has 19 heavy (non-hydrogen) atoms. The first-order valence-electron chi connectivity index (χ1n) is 5.07. The standard InChI is InChI=1S/C9H8N6O4/c10-4-6-5-13(12-11-6)7-1-8(14(16)17)3-9(2-7)15(18)19/h1-3,5H,4,10H2. The highest BCUT2D eigenvalue weighted by Crippen LogP contribution is 2.24. The Balaban J connectivity index is 2.55. The topological polar surface area (TPSA) is 143 Å². The van der Waals surface area contributed by atoms with Gasteiger partial charge in [-0.05, 0) is 0 Å². The molecule has 2 aromatic rings. The van der Waals surface area contributed by atoms with Gasteiger partial charge in [-0.15, -0.1) is 5.10 Å². The van der Waals surface area contributed by atoms with Crippen LogP contribution in [-0.4, -0.2) is 24.8 Å². The molecule has 2 rings (SSSR count). The van der Waals surface area contributed by atoms with Crippen LogP contribution < -0.4 is 5.73 Å². The highest BCUT2D eigenvalue weighted by Gasteiger charge is 2.17. The van der Waals surface area contributed by atoms with Crippen LogP contribution in [-0.2, 0) is 6.54 Å². The smallest absolute Gasteiger partial charge is 0.278 e. The fraction of sp³-hybridized carbons (Fsp3) is 0.111. The average molecular weight is 264 g/mol. The molecule has 0 saturated heterocycles. The average Bonchev–Trinajstić information content (AvgIpc) is 2.86. The number of hydrogen-bond donors (Lipinski definition) is 1. The maximum Gasteiger partial charge on any atom is 0.278 e. The first-order valence-corrected chi connectivity index (χ1v) is 5.07. The number of nitrogens with zero attached hydrogens (tertiary/aromatic N) is 5. The van der Waals surface area contributed by atoms with E-state index in [2.05, 4.69) is 10.3 Å². The molecule has 0 aliphatic carbocycles. The molecule has 0 radical (unpaired) electrons. The molecule has 0 saturated carbocycles. The summed E-state index contributed by atoms with van der Waals surface area (Å²) in [6, 6.07) is 3.22. The van der Waals surface area contributed by atoms with Gasteiger partial charge in [0.15, 0.2) is 0 Å². The van der Waals surface area contributed by atoms with Crippen LogP contribution in [0.25, 0.3) is 5.69 Å². The van der Waals surface area contributed by atoms with E-state index in [4.69, 9.17) is 5.73 Å². The minimum Gasteiger partial charge on any atom is -0.325 e. The summed E-state index contributed by atoms with van der Waals surface area (Å²) in [6.45, 7) is 0.150. The maximum absolute atomic E-state index is 10.7. The van der Waals surface area contributed by atoms with Crippen molar-refractivity contribution < 1.29 is 9.85 Å². The van der Waals surface area contributed by atoms with E-state index >= 15 is 0 Å². The number of benzene rings is 1. The summed E-state index contributed by atoms with van der Waals surface area (Å²) in [6.07, 6.45) is 1.45. The van der Waals surface area contributed by atoms with Crippen LogP contribution in [0.5, 0.6) is 0 Å². The molecule has 98 valence electrons. The monoisotopic (exact) mass is 264 g/mol. The van der Waals surface area contributed by atoms with Gasteiger partial charge in [-0.25, -0.2) is 4.68 Å². The second-order valence-corrected chi connectivity index (χ2v) is 3.58. The van der Waals surface area contributed by atoms with Gasteiger partial charge in [-0.1, -0.05) is 5.21 Å². The summed E-state index contributed by atoms with van der Waals surface area (Å²) in [7, 11) is 0. The molecule has 0 unspecified atom stereocenters. The minimum atomic E-state index is -0.711. The second kappa shape index (κ2) is 4.78. The zero-order chi connectivity index (χ0) is 14.0. The van der Waals surface area contributed by atoms with Crippen LogP contribution in [0.1, 0.15) is 5.69 Å². The number of nitro groups is 2. The van der Waals surface area contributed by atoms with Crippen molar-refractivity contribution in [2.75, 3.05) is 0 Å². The maximum atomic E-state index is 10.7. The lowest BCUT2D eigenvalue weighted by molar-refractivity contribution is -0.394. The van der Waals surface area contributed by atoms with E-state index in [1.807, 2.05) is 0 Å². The van der Waals surface area contributed by atoms with Crippen LogP contribution in [0.4, 0.5) is 11.4 Å². The van der Waals surface area contributed by atoms with Crippen LogP contribution >= 0.6 is 0 Å². The molecular weight excluding hydrogens is 256 g/mol. The van der Waals surface area contributed by atoms with Crippen LogP contribution in [0.2, 0.25) is 0 Å². The molecule has 10 nitrogen and oxygen atoms in total. The number of non-ortho nitro benzene ring substituents is 2. The van der Waals surface area contributed by atoms with Crippen LogP contribution in [0, 0.1) is 20.2 Å². The van der Waals surface area contributed by atoms with Crippen molar-refractivity contribution in [3.63, 3.8) is 0 Å². The van der Waals surface area contributed by atoms with Gasteiger partial charge in [0, 0.05) is 18.7 Å². The van der Waals surface area contributed by atoms with Gasteiger partial charge in [0.2, 0.25) is 0 Å². The molecule has 10 heteroatoms. The van der Waals surface area contributed by atoms with Gasteiger partial charge in [-0.2, -0.15) is 0 Å². The largest absolute Gasteiger partial charge is 0.325 e. The molecule has 0 fully saturated rings. The summed E-state index contributed by atoms with van der Waals surface area (Å²) >= 11 is 0. The SMILES string of the molecule is NCc1cn(-c2cc([N+](=O)[O-])cc([N+](=O)[O-])c2)nn1. The third-order valence-electron chi connectivity index (χ3n) is 2.32. The molecular formula is C9H8N6O4. The number of hydrogen-bond acceptors (Lipinski definition) is 7. The number of rotatable bonds is 4. The normalized spacial score (nSPS) is 10.4. The van der Waals surface area contributed by atoms with Gasteiger partial charge in [-0.3, -0.25) is 20.2 Å². The summed E-state index contributed by atoms with van der Waals surface area (Å²) in [5, 5.41) is 28.9. The zero-order valence-electron chi connectivity index (χ0n) is 9.46. The van der Waals surface area contributed by atoms with Crippen molar-refractivity contribution in [2.45, 2.75) is 6.54 Å². The van der Waals surface area contributed by atoms with Crippen LogP contribution in [0.3, 0.4) is 0 Å². The summed E-state index contributed by atoms with van der Waals surface area (Å²) in [5.74, 6) is 0. The Morgan fingerprint density at radius 3 is 2.16 bits per heavy atom. The van der Waals surface area contributed by atoms with Crippen molar-refractivity contribution in [2.24, 2.45) is 5.73 Å². The number of nitro benzene ring substituents is 2. The van der Waals surface area contributed by atoms with Crippen molar-refractivity contribution in [3.05, 3.63) is 50.3 Å².